The monoisotopic (exact) mass is 295 g/mol. The Morgan fingerprint density at radius 3 is 2.62 bits per heavy atom. The molecular formula is C17H33N3O. The van der Waals surface area contributed by atoms with Crippen molar-refractivity contribution in [3.05, 3.63) is 0 Å². The highest BCUT2D eigenvalue weighted by Crippen LogP contribution is 2.23. The number of likely N-dealkylation sites (tertiary alicyclic amines) is 1. The van der Waals surface area contributed by atoms with Crippen molar-refractivity contribution in [3.63, 3.8) is 0 Å². The molecule has 1 amide bonds. The van der Waals surface area contributed by atoms with Crippen LogP contribution in [0.25, 0.3) is 0 Å². The third kappa shape index (κ3) is 4.96. The van der Waals surface area contributed by atoms with Crippen molar-refractivity contribution in [1.29, 1.82) is 0 Å². The summed E-state index contributed by atoms with van der Waals surface area (Å²) in [6, 6.07) is 0.508. The van der Waals surface area contributed by atoms with Crippen LogP contribution in [0.5, 0.6) is 0 Å². The quantitative estimate of drug-likeness (QED) is 0.815. The Balaban J connectivity index is 1.83. The number of piperidine rings is 1. The Morgan fingerprint density at radius 1 is 1.19 bits per heavy atom. The number of nitrogens with zero attached hydrogens (tertiary/aromatic N) is 2. The Bertz CT molecular complexity index is 313. The summed E-state index contributed by atoms with van der Waals surface area (Å²) in [6.07, 6.45) is 8.88. The summed E-state index contributed by atoms with van der Waals surface area (Å²) in [7, 11) is 2.02. The maximum absolute atomic E-state index is 12.7. The summed E-state index contributed by atoms with van der Waals surface area (Å²) in [5, 5.41) is 3.27. The molecule has 1 heterocycles. The Kier molecular flexibility index (Phi) is 6.97. The zero-order chi connectivity index (χ0) is 15.1. The molecule has 122 valence electrons. The normalized spacial score (nSPS) is 25.0. The summed E-state index contributed by atoms with van der Waals surface area (Å²) >= 11 is 0. The zero-order valence-electron chi connectivity index (χ0n) is 13.9. The minimum Gasteiger partial charge on any atom is -0.339 e. The summed E-state index contributed by atoms with van der Waals surface area (Å²) in [4.78, 5) is 17.2. The van der Waals surface area contributed by atoms with Gasteiger partial charge in [-0.15, -0.1) is 0 Å². The van der Waals surface area contributed by atoms with Crippen molar-refractivity contribution >= 4 is 5.91 Å². The molecule has 21 heavy (non-hydrogen) atoms. The average Bonchev–Trinajstić information content (AvgIpc) is 2.50. The van der Waals surface area contributed by atoms with Crippen molar-refractivity contribution in [1.82, 2.24) is 15.1 Å². The van der Waals surface area contributed by atoms with E-state index in [4.69, 9.17) is 0 Å². The molecule has 0 aromatic rings. The van der Waals surface area contributed by atoms with Crippen molar-refractivity contribution in [2.24, 2.45) is 5.92 Å². The second-order valence-corrected chi connectivity index (χ2v) is 6.77. The van der Waals surface area contributed by atoms with Gasteiger partial charge in [0.2, 0.25) is 5.91 Å². The second-order valence-electron chi connectivity index (χ2n) is 6.77. The fourth-order valence-corrected chi connectivity index (χ4v) is 4.06. The number of carbonyl (C=O) groups excluding carboxylic acids is 1. The highest BCUT2D eigenvalue weighted by Gasteiger charge is 2.27. The molecular weight excluding hydrogens is 262 g/mol. The van der Waals surface area contributed by atoms with E-state index in [0.717, 1.165) is 26.2 Å². The lowest BCUT2D eigenvalue weighted by Gasteiger charge is -2.37. The van der Waals surface area contributed by atoms with E-state index in [1.807, 2.05) is 7.05 Å². The van der Waals surface area contributed by atoms with Crippen LogP contribution in [-0.4, -0.2) is 61.5 Å². The molecule has 2 rings (SSSR count). The molecule has 1 N–H and O–H groups in total. The number of hydrogen-bond acceptors (Lipinski definition) is 3. The molecule has 0 spiro atoms. The SMILES string of the molecule is CCN(C(=O)CN1CCCC(CNC)C1)C1CCCCC1. The zero-order valence-corrected chi connectivity index (χ0v) is 13.9. The first-order chi connectivity index (χ1) is 10.2. The Labute approximate surface area is 130 Å². The number of amides is 1. The topological polar surface area (TPSA) is 35.6 Å². The fraction of sp³-hybridized carbons (Fsp3) is 0.941. The van der Waals surface area contributed by atoms with Crippen LogP contribution < -0.4 is 5.32 Å². The van der Waals surface area contributed by atoms with Gasteiger partial charge in [0.15, 0.2) is 0 Å². The first-order valence-electron chi connectivity index (χ1n) is 8.91. The molecule has 1 aliphatic carbocycles. The number of nitrogens with one attached hydrogen (secondary N) is 1. The molecule has 0 aromatic carbocycles. The Morgan fingerprint density at radius 2 is 1.95 bits per heavy atom. The van der Waals surface area contributed by atoms with Gasteiger partial charge in [0.25, 0.3) is 0 Å². The van der Waals surface area contributed by atoms with Crippen molar-refractivity contribution in [2.75, 3.05) is 39.8 Å². The van der Waals surface area contributed by atoms with Crippen LogP contribution >= 0.6 is 0 Å². The first-order valence-corrected chi connectivity index (χ1v) is 8.91. The van der Waals surface area contributed by atoms with E-state index in [-0.39, 0.29) is 0 Å². The van der Waals surface area contributed by atoms with E-state index in [1.165, 1.54) is 44.9 Å². The van der Waals surface area contributed by atoms with Gasteiger partial charge < -0.3 is 10.2 Å². The number of hydrogen-bond donors (Lipinski definition) is 1. The van der Waals surface area contributed by atoms with Gasteiger partial charge in [0.1, 0.15) is 0 Å². The average molecular weight is 295 g/mol. The van der Waals surface area contributed by atoms with E-state index in [2.05, 4.69) is 22.0 Å². The van der Waals surface area contributed by atoms with E-state index in [0.29, 0.717) is 24.4 Å². The minimum atomic E-state index is 0.356. The largest absolute Gasteiger partial charge is 0.339 e. The smallest absolute Gasteiger partial charge is 0.236 e. The van der Waals surface area contributed by atoms with Crippen LogP contribution in [0.2, 0.25) is 0 Å². The maximum Gasteiger partial charge on any atom is 0.236 e. The molecule has 2 fully saturated rings. The molecule has 2 aliphatic rings. The van der Waals surface area contributed by atoms with E-state index < -0.39 is 0 Å². The maximum atomic E-state index is 12.7. The lowest BCUT2D eigenvalue weighted by atomic mass is 9.94. The highest BCUT2D eigenvalue weighted by atomic mass is 16.2. The second kappa shape index (κ2) is 8.74. The fourth-order valence-electron chi connectivity index (χ4n) is 4.06. The third-order valence-corrected chi connectivity index (χ3v) is 5.13. The lowest BCUT2D eigenvalue weighted by Crippen LogP contribution is -2.48. The molecule has 1 atom stereocenters. The van der Waals surface area contributed by atoms with Crippen LogP contribution in [0.3, 0.4) is 0 Å². The van der Waals surface area contributed by atoms with Crippen LogP contribution in [0, 0.1) is 5.92 Å². The van der Waals surface area contributed by atoms with E-state index >= 15 is 0 Å². The van der Waals surface area contributed by atoms with E-state index in [1.54, 1.807) is 0 Å². The molecule has 1 saturated carbocycles. The Hall–Kier alpha value is -0.610. The molecule has 4 nitrogen and oxygen atoms in total. The van der Waals surface area contributed by atoms with E-state index in [9.17, 15) is 4.79 Å². The van der Waals surface area contributed by atoms with Crippen molar-refractivity contribution in [2.45, 2.75) is 57.9 Å². The van der Waals surface area contributed by atoms with Gasteiger partial charge in [-0.3, -0.25) is 9.69 Å². The summed E-state index contributed by atoms with van der Waals surface area (Å²) in [5.74, 6) is 1.07. The van der Waals surface area contributed by atoms with Gasteiger partial charge in [-0.25, -0.2) is 0 Å². The lowest BCUT2D eigenvalue weighted by molar-refractivity contribution is -0.135. The van der Waals surface area contributed by atoms with Crippen LogP contribution in [0.15, 0.2) is 0 Å². The van der Waals surface area contributed by atoms with Crippen LogP contribution in [0.4, 0.5) is 0 Å². The van der Waals surface area contributed by atoms with Crippen LogP contribution in [0.1, 0.15) is 51.9 Å². The minimum absolute atomic E-state index is 0.356. The summed E-state index contributed by atoms with van der Waals surface area (Å²) in [6.45, 7) is 6.88. The molecule has 4 heteroatoms. The van der Waals surface area contributed by atoms with Gasteiger partial charge >= 0.3 is 0 Å². The number of carbonyl (C=O) groups is 1. The summed E-state index contributed by atoms with van der Waals surface area (Å²) < 4.78 is 0. The molecule has 1 unspecified atom stereocenters. The molecule has 0 aromatic heterocycles. The highest BCUT2D eigenvalue weighted by molar-refractivity contribution is 5.78. The molecule has 1 saturated heterocycles. The van der Waals surface area contributed by atoms with Crippen molar-refractivity contribution < 1.29 is 4.79 Å². The van der Waals surface area contributed by atoms with Gasteiger partial charge in [-0.05, 0) is 58.7 Å². The van der Waals surface area contributed by atoms with Gasteiger partial charge in [-0.1, -0.05) is 19.3 Å². The third-order valence-electron chi connectivity index (χ3n) is 5.13. The van der Waals surface area contributed by atoms with Gasteiger partial charge in [0.05, 0.1) is 6.54 Å². The molecule has 0 radical (unpaired) electrons. The first kappa shape index (κ1) is 16.8. The summed E-state index contributed by atoms with van der Waals surface area (Å²) in [5.41, 5.74) is 0. The van der Waals surface area contributed by atoms with Gasteiger partial charge in [0, 0.05) is 19.1 Å². The van der Waals surface area contributed by atoms with Gasteiger partial charge in [-0.2, -0.15) is 0 Å². The standard InChI is InChI=1S/C17H33N3O/c1-3-20(16-9-5-4-6-10-16)17(21)14-19-11-7-8-15(13-19)12-18-2/h15-16,18H,3-14H2,1-2H3. The number of likely N-dealkylation sites (N-methyl/N-ethyl adjacent to an activating group) is 1. The predicted octanol–water partition coefficient (Wildman–Crippen LogP) is 2.10. The van der Waals surface area contributed by atoms with Crippen LogP contribution in [-0.2, 0) is 4.79 Å². The number of rotatable bonds is 6. The van der Waals surface area contributed by atoms with Crippen molar-refractivity contribution in [3.8, 4) is 0 Å². The predicted molar refractivity (Wildman–Crippen MR) is 87.4 cm³/mol. The molecule has 1 aliphatic heterocycles. The molecule has 0 bridgehead atoms.